The van der Waals surface area contributed by atoms with E-state index in [4.69, 9.17) is 31.7 Å². The zero-order valence-corrected chi connectivity index (χ0v) is 46.0. The molecule has 0 radical (unpaired) electrons. The summed E-state index contributed by atoms with van der Waals surface area (Å²) in [5.41, 5.74) is 8.52. The molecule has 79 heavy (non-hydrogen) atoms. The number of phenols is 2. The number of nitrogen functional groups attached to an aromatic ring is 1. The van der Waals surface area contributed by atoms with Crippen LogP contribution in [0.15, 0.2) is 73.8 Å². The molecule has 0 bridgehead atoms. The number of aliphatic hydroxyl groups excluding tert-OH is 4. The van der Waals surface area contributed by atoms with Crippen LogP contribution >= 0.6 is 0 Å². The number of anilines is 1. The number of phenolic OH excluding ortho intramolecular Hbond substituents is 2. The molecular formula is C55H70N8O16. The number of fused-ring (bicyclic) bond motifs is 6. The van der Waals surface area contributed by atoms with Crippen LogP contribution in [0.1, 0.15) is 99.0 Å². The Balaban J connectivity index is 1.24. The zero-order chi connectivity index (χ0) is 58.7. The molecule has 1 unspecified atom stereocenters. The van der Waals surface area contributed by atoms with Crippen LogP contribution in [0, 0.1) is 23.7 Å². The number of ketones is 3. The van der Waals surface area contributed by atoms with Crippen molar-refractivity contribution in [3.8, 4) is 11.5 Å². The second-order valence-electron chi connectivity index (χ2n) is 22.9. The number of carbonyl (C=O) groups excluding carboxylic acids is 5. The van der Waals surface area contributed by atoms with E-state index < -0.39 is 133 Å². The first-order chi connectivity index (χ1) is 36.7. The molecule has 2 amide bonds. The molecule has 8 rings (SSSR count). The van der Waals surface area contributed by atoms with Gasteiger partial charge in [-0.25, -0.2) is 0 Å². The van der Waals surface area contributed by atoms with E-state index in [1.165, 1.54) is 61.1 Å². The number of carbonyl (C=O) groups is 5. The molecule has 0 aromatic heterocycles. The van der Waals surface area contributed by atoms with E-state index in [0.29, 0.717) is 22.4 Å². The number of hydrogen-bond donors (Lipinski definition) is 11. The van der Waals surface area contributed by atoms with Gasteiger partial charge in [-0.05, 0) is 137 Å². The molecule has 0 saturated heterocycles. The molecule has 24 heteroatoms. The Labute approximate surface area is 455 Å². The highest BCUT2D eigenvalue weighted by atomic mass is 16.7. The first kappa shape index (κ1) is 57.8. The van der Waals surface area contributed by atoms with E-state index in [0.717, 1.165) is 0 Å². The predicted molar refractivity (Wildman–Crippen MR) is 284 cm³/mol. The molecule has 0 heterocycles. The second-order valence-corrected chi connectivity index (χ2v) is 22.9. The molecule has 6 aliphatic carbocycles. The third-order valence-corrected chi connectivity index (χ3v) is 16.3. The number of Topliss-reactive ketones (excluding diaryl/α,β-unsaturated/α-hetero) is 3. The van der Waals surface area contributed by atoms with Crippen LogP contribution in [0.5, 0.6) is 11.5 Å². The Morgan fingerprint density at radius 1 is 0.785 bits per heavy atom. The summed E-state index contributed by atoms with van der Waals surface area (Å²) in [4.78, 5) is 89.8. The van der Waals surface area contributed by atoms with E-state index >= 15 is 0 Å². The van der Waals surface area contributed by atoms with Gasteiger partial charge in [-0.1, -0.05) is 10.3 Å². The normalized spacial score (nSPS) is 29.1. The summed E-state index contributed by atoms with van der Waals surface area (Å²) in [6.07, 6.45) is -0.375. The van der Waals surface area contributed by atoms with Gasteiger partial charge in [-0.15, -0.1) is 0 Å². The summed E-state index contributed by atoms with van der Waals surface area (Å²) in [5, 5.41) is 106. The molecule has 24 nitrogen and oxygen atoms in total. The summed E-state index contributed by atoms with van der Waals surface area (Å²) >= 11 is 0. The Morgan fingerprint density at radius 3 is 1.84 bits per heavy atom. The fraction of sp³-hybridized carbons (Fsp3) is 0.509. The number of rotatable bonds is 14. The number of aliphatic hydroxyl groups is 6. The van der Waals surface area contributed by atoms with Crippen molar-refractivity contribution in [3.63, 3.8) is 0 Å². The quantitative estimate of drug-likeness (QED) is 0.0425. The van der Waals surface area contributed by atoms with E-state index in [2.05, 4.69) is 10.3 Å². The van der Waals surface area contributed by atoms with Crippen molar-refractivity contribution in [2.24, 2.45) is 45.5 Å². The first-order valence-corrected chi connectivity index (χ1v) is 25.8. The maximum absolute atomic E-state index is 14.8. The van der Waals surface area contributed by atoms with Crippen LogP contribution in [0.25, 0.3) is 0 Å². The fourth-order valence-electron chi connectivity index (χ4n) is 13.1. The second kappa shape index (κ2) is 20.1. The van der Waals surface area contributed by atoms with Gasteiger partial charge in [0.1, 0.15) is 63.5 Å². The summed E-state index contributed by atoms with van der Waals surface area (Å²) < 4.78 is 0. The highest BCUT2D eigenvalue weighted by Crippen LogP contribution is 2.60. The molecule has 2 aromatic carbocycles. The van der Waals surface area contributed by atoms with Gasteiger partial charge in [0.15, 0.2) is 17.0 Å². The van der Waals surface area contributed by atoms with Crippen LogP contribution < -0.4 is 17.2 Å². The Morgan fingerprint density at radius 2 is 1.32 bits per heavy atom. The largest absolute Gasteiger partial charge is 0.510 e. The standard InChI is InChI=1S/C55H70N8O16/c1-12-77-59-22(2)26-21-31(56)42(65)39-28(26)18-24-20-30-41(62(9)10)45(68)37(51(58)74)48(71)55(30,76)49(72)38(24)53(39,6)79-63(11)16-15-32(60-78-52(3,4)5)25-13-14-33(64)35-27(25)17-23-19-29-40(61(7)8)44(67)36(50(57)73)47(70)54(29,75)46(69)34(23)43(35)66/h13-14,21,23-24,29-30,40-41,64-65,67-69,72,75-76H,12,15-20,56H2,1-11H3,(H2,57,73)(H2,58,74)/b59-22+,60-32+/t23-,24-,29-,30-,40-,41-,53?,54-,55+/m0/s1. The van der Waals surface area contributed by atoms with E-state index in [-0.39, 0.29) is 84.5 Å². The van der Waals surface area contributed by atoms with Crippen molar-refractivity contribution in [1.29, 1.82) is 0 Å². The fourth-order valence-corrected chi connectivity index (χ4v) is 13.1. The molecule has 0 spiro atoms. The number of oxime groups is 2. The molecule has 14 N–H and O–H groups in total. The van der Waals surface area contributed by atoms with Gasteiger partial charge in [-0.2, -0.15) is 5.06 Å². The number of nitrogens with zero attached hydrogens (tertiary/aromatic N) is 5. The lowest BCUT2D eigenvalue weighted by Crippen LogP contribution is -2.64. The summed E-state index contributed by atoms with van der Waals surface area (Å²) in [7, 11) is 7.71. The van der Waals surface area contributed by atoms with E-state index in [1.54, 1.807) is 48.7 Å². The van der Waals surface area contributed by atoms with E-state index in [1.807, 2.05) is 0 Å². The van der Waals surface area contributed by atoms with Gasteiger partial charge in [0.25, 0.3) is 11.8 Å². The lowest BCUT2D eigenvalue weighted by Gasteiger charge is -2.54. The summed E-state index contributed by atoms with van der Waals surface area (Å²) in [6.45, 7) is 10.3. The number of allylic oxidation sites excluding steroid dienone is 1. The minimum Gasteiger partial charge on any atom is -0.510 e. The number of nitrogens with two attached hydrogens (primary N) is 3. The van der Waals surface area contributed by atoms with Crippen molar-refractivity contribution in [1.82, 2.24) is 14.9 Å². The lowest BCUT2D eigenvalue weighted by molar-refractivity contribution is -0.226. The Kier molecular flexibility index (Phi) is 14.7. The monoisotopic (exact) mass is 1100 g/mol. The average molecular weight is 1100 g/mol. The van der Waals surface area contributed by atoms with Crippen LogP contribution in [0.3, 0.4) is 0 Å². The number of aromatic hydroxyl groups is 2. The smallest absolute Gasteiger partial charge is 0.255 e. The number of hydrogen-bond acceptors (Lipinski definition) is 22. The van der Waals surface area contributed by atoms with Crippen molar-refractivity contribution < 1.29 is 79.3 Å². The lowest BCUT2D eigenvalue weighted by atomic mass is 9.56. The summed E-state index contributed by atoms with van der Waals surface area (Å²) in [5.74, 6) is -14.9. The van der Waals surface area contributed by atoms with Crippen LogP contribution in [-0.4, -0.2) is 174 Å². The molecule has 426 valence electrons. The maximum atomic E-state index is 14.8. The molecule has 9 atom stereocenters. The van der Waals surface area contributed by atoms with Gasteiger partial charge < -0.3 is 67.7 Å². The maximum Gasteiger partial charge on any atom is 0.255 e. The van der Waals surface area contributed by atoms with Crippen LogP contribution in [-0.2, 0) is 52.1 Å². The molecule has 0 saturated carbocycles. The molecule has 6 aliphatic rings. The van der Waals surface area contributed by atoms with Crippen LogP contribution in [0.2, 0.25) is 0 Å². The third-order valence-electron chi connectivity index (χ3n) is 16.3. The van der Waals surface area contributed by atoms with Gasteiger partial charge in [0.05, 0.1) is 34.8 Å². The minimum atomic E-state index is -2.86. The van der Waals surface area contributed by atoms with Gasteiger partial charge in [-0.3, -0.25) is 38.6 Å². The van der Waals surface area contributed by atoms with Gasteiger partial charge in [0.2, 0.25) is 11.6 Å². The Bertz CT molecular complexity index is 3200. The number of benzene rings is 2. The third kappa shape index (κ3) is 8.88. The predicted octanol–water partition coefficient (Wildman–Crippen LogP) is 2.40. The molecule has 0 fully saturated rings. The van der Waals surface area contributed by atoms with Crippen molar-refractivity contribution in [2.75, 3.05) is 54.1 Å². The number of hydroxylamine groups is 2. The number of amides is 2. The molecule has 0 aliphatic heterocycles. The first-order valence-electron chi connectivity index (χ1n) is 25.8. The number of likely N-dealkylation sites (N-methyl/N-ethyl adjacent to an activating group) is 2. The van der Waals surface area contributed by atoms with Crippen molar-refractivity contribution in [2.45, 2.75) is 108 Å². The molecular weight excluding hydrogens is 1030 g/mol. The van der Waals surface area contributed by atoms with Gasteiger partial charge >= 0.3 is 0 Å². The highest BCUT2D eigenvalue weighted by molar-refractivity contribution is 6.25. The minimum absolute atomic E-state index is 0.0366. The summed E-state index contributed by atoms with van der Waals surface area (Å²) in [6, 6.07) is 1.87. The van der Waals surface area contributed by atoms with E-state index in [9.17, 15) is 64.8 Å². The SMILES string of the molecule is CCO/N=C(\C)c1cc(N)c(O)c2c1C[C@H]1C[C@H]3[C@H](N(C)C)C(O)=C(C(N)=O)C(=O)[C@@]3(O)C(O)=C1C2(C)ON(C)CC/C(=N\OC(C)(C)C)c1ccc(O)c2c1C[C@H]1C[C@H]3[C@H](N(C)C)C(O)=C(C(N)=O)C(=O)[C@@]3(O)C(O)=C1C2=O. The topological polar surface area (TPSA) is 387 Å². The van der Waals surface area contributed by atoms with Crippen molar-refractivity contribution in [3.05, 3.63) is 96.9 Å². The molecule has 2 aromatic rings. The van der Waals surface area contributed by atoms with Crippen LogP contribution in [0.4, 0.5) is 5.69 Å². The highest BCUT2D eigenvalue weighted by Gasteiger charge is 2.66. The average Bonchev–Trinajstić information content (AvgIpc) is 2.19. The number of primary amides is 2. The van der Waals surface area contributed by atoms with Gasteiger partial charge in [0, 0.05) is 59.7 Å². The Hall–Kier alpha value is -7.35. The zero-order valence-electron chi connectivity index (χ0n) is 46.0. The van der Waals surface area contributed by atoms with Crippen molar-refractivity contribution >= 4 is 46.3 Å².